The fraction of sp³-hybridized carbons (Fsp3) is 0. The predicted molar refractivity (Wildman–Crippen MR) is 41.6 cm³/mol. The molecule has 2 aromatic rings. The summed E-state index contributed by atoms with van der Waals surface area (Å²) in [7, 11) is 0. The van der Waals surface area contributed by atoms with Gasteiger partial charge in [-0.3, -0.25) is 4.79 Å². The zero-order chi connectivity index (χ0) is 7.68. The third-order valence-corrected chi connectivity index (χ3v) is 1.64. The van der Waals surface area contributed by atoms with Gasteiger partial charge in [-0.05, 0) is 6.07 Å². The van der Waals surface area contributed by atoms with Gasteiger partial charge < -0.3 is 4.42 Å². The summed E-state index contributed by atoms with van der Waals surface area (Å²) in [4.78, 5) is 10.4. The molecule has 0 fully saturated rings. The van der Waals surface area contributed by atoms with E-state index in [1.165, 1.54) is 6.26 Å². The van der Waals surface area contributed by atoms with E-state index in [1.807, 2.05) is 24.3 Å². The smallest absolute Gasteiger partial charge is 0.153 e. The summed E-state index contributed by atoms with van der Waals surface area (Å²) < 4.78 is 5.11. The van der Waals surface area contributed by atoms with E-state index < -0.39 is 0 Å². The molecule has 2 nitrogen and oxygen atoms in total. The molecule has 0 bridgehead atoms. The third-order valence-electron chi connectivity index (χ3n) is 1.64. The molecule has 1 heterocycles. The molecule has 54 valence electrons. The van der Waals surface area contributed by atoms with Gasteiger partial charge in [-0.1, -0.05) is 18.2 Å². The van der Waals surface area contributed by atoms with Crippen molar-refractivity contribution in [3.63, 3.8) is 0 Å². The molecule has 1 aromatic carbocycles. The Kier molecular flexibility index (Phi) is 1.25. The van der Waals surface area contributed by atoms with Gasteiger partial charge in [0.2, 0.25) is 0 Å². The van der Waals surface area contributed by atoms with E-state index in [1.54, 1.807) is 0 Å². The molecule has 0 unspecified atom stereocenters. The molecule has 0 saturated heterocycles. The van der Waals surface area contributed by atoms with Gasteiger partial charge in [-0.2, -0.15) is 0 Å². The molecule has 0 atom stereocenters. The van der Waals surface area contributed by atoms with Crippen molar-refractivity contribution < 1.29 is 9.21 Å². The lowest BCUT2D eigenvalue weighted by atomic mass is 10.2. The quantitative estimate of drug-likeness (QED) is 0.577. The van der Waals surface area contributed by atoms with Crippen LogP contribution in [0.5, 0.6) is 0 Å². The second-order valence-corrected chi connectivity index (χ2v) is 2.31. The topological polar surface area (TPSA) is 30.2 Å². The van der Waals surface area contributed by atoms with Gasteiger partial charge in [-0.15, -0.1) is 0 Å². The van der Waals surface area contributed by atoms with Gasteiger partial charge in [0, 0.05) is 5.39 Å². The Balaban J connectivity index is 2.86. The maximum Gasteiger partial charge on any atom is 0.153 e. The van der Waals surface area contributed by atoms with Crippen LogP contribution in [0.15, 0.2) is 34.9 Å². The molecule has 0 spiro atoms. The first-order valence-corrected chi connectivity index (χ1v) is 3.33. The van der Waals surface area contributed by atoms with Gasteiger partial charge in [0.05, 0.1) is 5.56 Å². The Morgan fingerprint density at radius 1 is 1.27 bits per heavy atom. The first-order valence-electron chi connectivity index (χ1n) is 3.33. The summed E-state index contributed by atoms with van der Waals surface area (Å²) in [5.74, 6) is 0. The predicted octanol–water partition coefficient (Wildman–Crippen LogP) is 2.25. The standard InChI is InChI=1S/C9H6O2/c10-5-7-6-11-9-4-2-1-3-8(7)9/h1-6H. The number of hydrogen-bond donors (Lipinski definition) is 0. The van der Waals surface area contributed by atoms with Crippen molar-refractivity contribution in [1.29, 1.82) is 0 Å². The van der Waals surface area contributed by atoms with Crippen molar-refractivity contribution in [1.82, 2.24) is 0 Å². The molecular formula is C9H6O2. The molecule has 11 heavy (non-hydrogen) atoms. The van der Waals surface area contributed by atoms with Crippen LogP contribution in [-0.4, -0.2) is 6.29 Å². The van der Waals surface area contributed by atoms with Crippen LogP contribution >= 0.6 is 0 Å². The average Bonchev–Trinajstić information content (AvgIpc) is 2.47. The number of rotatable bonds is 1. The van der Waals surface area contributed by atoms with E-state index in [-0.39, 0.29) is 0 Å². The van der Waals surface area contributed by atoms with E-state index in [0.29, 0.717) is 5.56 Å². The molecule has 0 aliphatic carbocycles. The minimum absolute atomic E-state index is 0.612. The molecule has 1 aromatic heterocycles. The average molecular weight is 146 g/mol. The minimum Gasteiger partial charge on any atom is -0.464 e. The van der Waals surface area contributed by atoms with Crippen LogP contribution in [0, 0.1) is 0 Å². The molecule has 0 amide bonds. The number of benzene rings is 1. The Morgan fingerprint density at radius 2 is 2.09 bits per heavy atom. The largest absolute Gasteiger partial charge is 0.464 e. The van der Waals surface area contributed by atoms with Crippen LogP contribution in [0.1, 0.15) is 10.4 Å². The number of carbonyl (C=O) groups excluding carboxylic acids is 1. The van der Waals surface area contributed by atoms with E-state index in [0.717, 1.165) is 17.3 Å². The van der Waals surface area contributed by atoms with E-state index in [2.05, 4.69) is 0 Å². The second kappa shape index (κ2) is 2.23. The van der Waals surface area contributed by atoms with E-state index in [4.69, 9.17) is 4.42 Å². The first-order chi connectivity index (χ1) is 5.42. The molecule has 0 saturated carbocycles. The monoisotopic (exact) mass is 146 g/mol. The maximum absolute atomic E-state index is 10.4. The number of carbonyl (C=O) groups is 1. The molecule has 0 radical (unpaired) electrons. The summed E-state index contributed by atoms with van der Waals surface area (Å²) >= 11 is 0. The number of furan rings is 1. The van der Waals surface area contributed by atoms with Crippen molar-refractivity contribution in [3.05, 3.63) is 36.1 Å². The molecule has 2 rings (SSSR count). The Hall–Kier alpha value is -1.57. The van der Waals surface area contributed by atoms with Gasteiger partial charge in [-0.25, -0.2) is 0 Å². The fourth-order valence-corrected chi connectivity index (χ4v) is 1.09. The summed E-state index contributed by atoms with van der Waals surface area (Å²) in [5, 5.41) is 0.877. The molecular weight excluding hydrogens is 140 g/mol. The van der Waals surface area contributed by atoms with Gasteiger partial charge in [0.15, 0.2) is 6.29 Å². The minimum atomic E-state index is 0.612. The van der Waals surface area contributed by atoms with Crippen LogP contribution in [-0.2, 0) is 0 Å². The third kappa shape index (κ3) is 0.835. The Labute approximate surface area is 63.4 Å². The zero-order valence-electron chi connectivity index (χ0n) is 5.78. The summed E-state index contributed by atoms with van der Waals surface area (Å²) in [6.07, 6.45) is 2.27. The summed E-state index contributed by atoms with van der Waals surface area (Å²) in [6.45, 7) is 0. The van der Waals surface area contributed by atoms with Gasteiger partial charge in [0.25, 0.3) is 0 Å². The Bertz CT molecular complexity index is 387. The molecule has 2 heteroatoms. The highest BCUT2D eigenvalue weighted by molar-refractivity contribution is 5.95. The highest BCUT2D eigenvalue weighted by Crippen LogP contribution is 2.18. The van der Waals surface area contributed by atoms with Crippen LogP contribution in [0.3, 0.4) is 0 Å². The van der Waals surface area contributed by atoms with Crippen LogP contribution in [0.2, 0.25) is 0 Å². The van der Waals surface area contributed by atoms with Crippen molar-refractivity contribution >= 4 is 17.3 Å². The highest BCUT2D eigenvalue weighted by atomic mass is 16.3. The lowest BCUT2D eigenvalue weighted by Gasteiger charge is -1.84. The zero-order valence-corrected chi connectivity index (χ0v) is 5.78. The highest BCUT2D eigenvalue weighted by Gasteiger charge is 2.01. The maximum atomic E-state index is 10.4. The molecule has 0 N–H and O–H groups in total. The first kappa shape index (κ1) is 6.16. The van der Waals surface area contributed by atoms with Gasteiger partial charge in [0.1, 0.15) is 11.8 Å². The lowest BCUT2D eigenvalue weighted by Crippen LogP contribution is -1.72. The number of aldehydes is 1. The second-order valence-electron chi connectivity index (χ2n) is 2.31. The van der Waals surface area contributed by atoms with Crippen molar-refractivity contribution in [2.24, 2.45) is 0 Å². The fourth-order valence-electron chi connectivity index (χ4n) is 1.09. The Morgan fingerprint density at radius 3 is 2.91 bits per heavy atom. The van der Waals surface area contributed by atoms with Crippen LogP contribution in [0.25, 0.3) is 11.0 Å². The number of para-hydroxylation sites is 1. The van der Waals surface area contributed by atoms with Crippen molar-refractivity contribution in [2.45, 2.75) is 0 Å². The molecule has 0 aliphatic heterocycles. The SMILES string of the molecule is O=Cc1coc2ccccc12. The van der Waals surface area contributed by atoms with Crippen molar-refractivity contribution in [2.75, 3.05) is 0 Å². The van der Waals surface area contributed by atoms with Crippen molar-refractivity contribution in [3.8, 4) is 0 Å². The normalized spacial score (nSPS) is 10.2. The number of hydrogen-bond acceptors (Lipinski definition) is 2. The summed E-state index contributed by atoms with van der Waals surface area (Å²) in [5.41, 5.74) is 1.37. The van der Waals surface area contributed by atoms with Gasteiger partial charge >= 0.3 is 0 Å². The molecule has 0 aliphatic rings. The van der Waals surface area contributed by atoms with Crippen LogP contribution < -0.4 is 0 Å². The van der Waals surface area contributed by atoms with E-state index >= 15 is 0 Å². The van der Waals surface area contributed by atoms with Crippen LogP contribution in [0.4, 0.5) is 0 Å². The summed E-state index contributed by atoms with van der Waals surface area (Å²) in [6, 6.07) is 7.45. The number of fused-ring (bicyclic) bond motifs is 1. The van der Waals surface area contributed by atoms with E-state index in [9.17, 15) is 4.79 Å². The lowest BCUT2D eigenvalue weighted by molar-refractivity contribution is 0.112.